The normalized spacial score (nSPS) is 24.1. The van der Waals surface area contributed by atoms with Crippen LogP contribution in [0, 0.1) is 11.7 Å². The van der Waals surface area contributed by atoms with E-state index in [0.29, 0.717) is 24.6 Å². The van der Waals surface area contributed by atoms with Crippen LogP contribution in [0.5, 0.6) is 0 Å². The van der Waals surface area contributed by atoms with Crippen LogP contribution < -0.4 is 5.73 Å². The van der Waals surface area contributed by atoms with Gasteiger partial charge in [-0.2, -0.15) is 0 Å². The fraction of sp³-hybridized carbons (Fsp3) is 0.538. The zero-order valence-electron chi connectivity index (χ0n) is 10.5. The van der Waals surface area contributed by atoms with Gasteiger partial charge in [0, 0.05) is 25.3 Å². The summed E-state index contributed by atoms with van der Waals surface area (Å²) < 4.78 is 13.0. The molecule has 1 aromatic heterocycles. The molecule has 0 aromatic carbocycles. The molecule has 2 atom stereocenters. The standard InChI is InChI=1S/C13H18FN3O/c1-2-9-8-17(4-3-12(9)15)13(18)10-5-11(14)7-16-6-10/h5-7,9,12H,2-4,8,15H2,1H3. The van der Waals surface area contributed by atoms with Crippen molar-refractivity contribution in [3.05, 3.63) is 29.8 Å². The molecule has 0 aliphatic carbocycles. The van der Waals surface area contributed by atoms with Crippen LogP contribution in [-0.4, -0.2) is 34.9 Å². The summed E-state index contributed by atoms with van der Waals surface area (Å²) in [6, 6.07) is 1.38. The first-order valence-corrected chi connectivity index (χ1v) is 6.27. The van der Waals surface area contributed by atoms with Crippen molar-refractivity contribution in [1.82, 2.24) is 9.88 Å². The molecule has 2 N–H and O–H groups in total. The summed E-state index contributed by atoms with van der Waals surface area (Å²) in [6.07, 6.45) is 4.25. The minimum atomic E-state index is -0.485. The van der Waals surface area contributed by atoms with Gasteiger partial charge in [0.05, 0.1) is 11.8 Å². The van der Waals surface area contributed by atoms with Crippen molar-refractivity contribution < 1.29 is 9.18 Å². The molecular weight excluding hydrogens is 233 g/mol. The van der Waals surface area contributed by atoms with Crippen molar-refractivity contribution in [2.24, 2.45) is 11.7 Å². The van der Waals surface area contributed by atoms with Crippen LogP contribution >= 0.6 is 0 Å². The predicted octanol–water partition coefficient (Wildman–Crippen LogP) is 1.42. The molecule has 2 unspecified atom stereocenters. The SMILES string of the molecule is CCC1CN(C(=O)c2cncc(F)c2)CCC1N. The molecule has 2 rings (SSSR count). The van der Waals surface area contributed by atoms with E-state index < -0.39 is 5.82 Å². The Kier molecular flexibility index (Phi) is 3.91. The Labute approximate surface area is 106 Å². The summed E-state index contributed by atoms with van der Waals surface area (Å²) in [5.74, 6) is -0.321. The lowest BCUT2D eigenvalue weighted by atomic mass is 9.90. The first-order valence-electron chi connectivity index (χ1n) is 6.27. The van der Waals surface area contributed by atoms with Gasteiger partial charge in [0.1, 0.15) is 5.82 Å². The summed E-state index contributed by atoms with van der Waals surface area (Å²) in [5.41, 5.74) is 6.31. The fourth-order valence-electron chi connectivity index (χ4n) is 2.38. The van der Waals surface area contributed by atoms with Gasteiger partial charge in [0.2, 0.25) is 0 Å². The first-order chi connectivity index (χ1) is 8.61. The number of likely N-dealkylation sites (tertiary alicyclic amines) is 1. The molecule has 5 heteroatoms. The highest BCUT2D eigenvalue weighted by molar-refractivity contribution is 5.94. The molecule has 0 bridgehead atoms. The molecule has 2 heterocycles. The maximum absolute atomic E-state index is 13.0. The Morgan fingerprint density at radius 3 is 3.06 bits per heavy atom. The number of carbonyl (C=O) groups is 1. The number of pyridine rings is 1. The van der Waals surface area contributed by atoms with Crippen molar-refractivity contribution >= 4 is 5.91 Å². The van der Waals surface area contributed by atoms with Crippen LogP contribution in [0.1, 0.15) is 30.1 Å². The van der Waals surface area contributed by atoms with Gasteiger partial charge in [-0.3, -0.25) is 9.78 Å². The van der Waals surface area contributed by atoms with Gasteiger partial charge in [0.25, 0.3) is 5.91 Å². The van der Waals surface area contributed by atoms with E-state index in [1.165, 1.54) is 12.3 Å². The van der Waals surface area contributed by atoms with Crippen molar-refractivity contribution in [3.63, 3.8) is 0 Å². The Morgan fingerprint density at radius 2 is 2.39 bits per heavy atom. The molecule has 1 amide bonds. The second kappa shape index (κ2) is 5.44. The number of rotatable bonds is 2. The summed E-state index contributed by atoms with van der Waals surface area (Å²) in [7, 11) is 0. The van der Waals surface area contributed by atoms with Crippen LogP contribution in [0.15, 0.2) is 18.5 Å². The van der Waals surface area contributed by atoms with E-state index in [4.69, 9.17) is 5.73 Å². The zero-order chi connectivity index (χ0) is 13.1. The first kappa shape index (κ1) is 13.0. The second-order valence-electron chi connectivity index (χ2n) is 4.76. The molecule has 1 aliphatic rings. The number of amides is 1. The molecule has 0 spiro atoms. The van der Waals surface area contributed by atoms with Crippen molar-refractivity contribution in [3.8, 4) is 0 Å². The monoisotopic (exact) mass is 251 g/mol. The number of halogens is 1. The molecule has 4 nitrogen and oxygen atoms in total. The van der Waals surface area contributed by atoms with E-state index in [1.54, 1.807) is 4.90 Å². The second-order valence-corrected chi connectivity index (χ2v) is 4.76. The molecule has 1 fully saturated rings. The van der Waals surface area contributed by atoms with E-state index in [-0.39, 0.29) is 11.9 Å². The number of hydrogen-bond donors (Lipinski definition) is 1. The number of piperidine rings is 1. The number of hydrogen-bond acceptors (Lipinski definition) is 3. The average molecular weight is 251 g/mol. The van der Waals surface area contributed by atoms with Crippen LogP contribution in [0.3, 0.4) is 0 Å². The lowest BCUT2D eigenvalue weighted by Gasteiger charge is -2.36. The third-order valence-corrected chi connectivity index (χ3v) is 3.56. The largest absolute Gasteiger partial charge is 0.338 e. The summed E-state index contributed by atoms with van der Waals surface area (Å²) in [6.45, 7) is 3.35. The Hall–Kier alpha value is -1.49. The topological polar surface area (TPSA) is 59.2 Å². The molecule has 1 aromatic rings. The highest BCUT2D eigenvalue weighted by Gasteiger charge is 2.28. The average Bonchev–Trinajstić information content (AvgIpc) is 2.38. The van der Waals surface area contributed by atoms with Crippen LogP contribution in [0.2, 0.25) is 0 Å². The van der Waals surface area contributed by atoms with Crippen molar-refractivity contribution in [1.29, 1.82) is 0 Å². The van der Waals surface area contributed by atoms with Gasteiger partial charge in [-0.05, 0) is 18.4 Å². The molecule has 18 heavy (non-hydrogen) atoms. The van der Waals surface area contributed by atoms with Gasteiger partial charge in [-0.25, -0.2) is 4.39 Å². The number of nitrogens with zero attached hydrogens (tertiary/aromatic N) is 2. The summed E-state index contributed by atoms with van der Waals surface area (Å²) in [4.78, 5) is 17.6. The molecular formula is C13H18FN3O. The van der Waals surface area contributed by atoms with E-state index in [1.807, 2.05) is 0 Å². The Balaban J connectivity index is 2.10. The van der Waals surface area contributed by atoms with Crippen LogP contribution in [0.4, 0.5) is 4.39 Å². The fourth-order valence-corrected chi connectivity index (χ4v) is 2.38. The highest BCUT2D eigenvalue weighted by Crippen LogP contribution is 2.20. The van der Waals surface area contributed by atoms with Crippen LogP contribution in [-0.2, 0) is 0 Å². The van der Waals surface area contributed by atoms with E-state index >= 15 is 0 Å². The third kappa shape index (κ3) is 2.67. The quantitative estimate of drug-likeness (QED) is 0.864. The highest BCUT2D eigenvalue weighted by atomic mass is 19.1. The Bertz CT molecular complexity index is 438. The van der Waals surface area contributed by atoms with Gasteiger partial charge in [0.15, 0.2) is 0 Å². The molecule has 1 aliphatic heterocycles. The molecule has 0 radical (unpaired) electrons. The molecule has 0 saturated carbocycles. The maximum atomic E-state index is 13.0. The predicted molar refractivity (Wildman–Crippen MR) is 66.5 cm³/mol. The van der Waals surface area contributed by atoms with Crippen molar-refractivity contribution in [2.45, 2.75) is 25.8 Å². The van der Waals surface area contributed by atoms with Gasteiger partial charge >= 0.3 is 0 Å². The number of carbonyl (C=O) groups excluding carboxylic acids is 1. The van der Waals surface area contributed by atoms with Crippen molar-refractivity contribution in [2.75, 3.05) is 13.1 Å². The lowest BCUT2D eigenvalue weighted by Crippen LogP contribution is -2.49. The lowest BCUT2D eigenvalue weighted by molar-refractivity contribution is 0.0648. The van der Waals surface area contributed by atoms with E-state index in [2.05, 4.69) is 11.9 Å². The summed E-state index contributed by atoms with van der Waals surface area (Å²) in [5, 5.41) is 0. The van der Waals surface area contributed by atoms with Crippen LogP contribution in [0.25, 0.3) is 0 Å². The van der Waals surface area contributed by atoms with Gasteiger partial charge in [-0.1, -0.05) is 13.3 Å². The number of aromatic nitrogens is 1. The smallest absolute Gasteiger partial charge is 0.255 e. The molecule has 98 valence electrons. The zero-order valence-corrected chi connectivity index (χ0v) is 10.5. The number of nitrogens with two attached hydrogens (primary N) is 1. The summed E-state index contributed by atoms with van der Waals surface area (Å²) >= 11 is 0. The maximum Gasteiger partial charge on any atom is 0.255 e. The van der Waals surface area contributed by atoms with Gasteiger partial charge < -0.3 is 10.6 Å². The molecule has 1 saturated heterocycles. The minimum Gasteiger partial charge on any atom is -0.338 e. The van der Waals surface area contributed by atoms with E-state index in [9.17, 15) is 9.18 Å². The minimum absolute atomic E-state index is 0.157. The van der Waals surface area contributed by atoms with E-state index in [0.717, 1.165) is 19.0 Å². The third-order valence-electron chi connectivity index (χ3n) is 3.56. The van der Waals surface area contributed by atoms with Gasteiger partial charge in [-0.15, -0.1) is 0 Å². The Morgan fingerprint density at radius 1 is 1.61 bits per heavy atom.